The van der Waals surface area contributed by atoms with Crippen molar-refractivity contribution in [2.45, 2.75) is 104 Å². The first kappa shape index (κ1) is 25.6. The van der Waals surface area contributed by atoms with E-state index in [0.717, 1.165) is 0 Å². The third-order valence-electron chi connectivity index (χ3n) is 5.26. The molecule has 0 aliphatic heterocycles. The summed E-state index contributed by atoms with van der Waals surface area (Å²) in [5.41, 5.74) is 2.90. The monoisotopic (exact) mass is 442 g/mol. The van der Waals surface area contributed by atoms with Crippen LogP contribution in [0.4, 0.5) is 0 Å². The molecule has 0 radical (unpaired) electrons. The number of hydrogen-bond acceptors (Lipinski definition) is 0. The highest BCUT2D eigenvalue weighted by Crippen LogP contribution is 2.61. The Morgan fingerprint density at radius 2 is 0.633 bits per heavy atom. The van der Waals surface area contributed by atoms with Gasteiger partial charge in [-0.05, 0) is 42.4 Å². The highest BCUT2D eigenvalue weighted by molar-refractivity contribution is 7.69. The average molecular weight is 443 g/mol. The van der Waals surface area contributed by atoms with Gasteiger partial charge in [0.1, 0.15) is 0 Å². The summed E-state index contributed by atoms with van der Waals surface area (Å²) in [4.78, 5) is 0. The summed E-state index contributed by atoms with van der Waals surface area (Å²) in [5.74, 6) is 0. The Morgan fingerprint density at radius 3 is 0.867 bits per heavy atom. The molecule has 0 amide bonds. The first-order chi connectivity index (χ1) is 13.5. The maximum absolute atomic E-state index is 2.42. The van der Waals surface area contributed by atoms with Crippen molar-refractivity contribution in [3.63, 3.8) is 0 Å². The Kier molecular flexibility index (Phi) is 7.39. The zero-order valence-corrected chi connectivity index (χ0v) is 23.3. The van der Waals surface area contributed by atoms with Gasteiger partial charge in [-0.1, -0.05) is 147 Å². The molecule has 0 saturated carbocycles. The summed E-state index contributed by atoms with van der Waals surface area (Å²) < 4.78 is 0. The third-order valence-corrected chi connectivity index (χ3v) is 12.4. The van der Waals surface area contributed by atoms with Crippen molar-refractivity contribution in [1.29, 1.82) is 0 Å². The minimum Gasteiger partial charge on any atom is -0.0636 e. The Morgan fingerprint density at radius 1 is 0.400 bits per heavy atom. The predicted molar refractivity (Wildman–Crippen MR) is 144 cm³/mol. The SMILES string of the molecule is CC(C)(C)P(c1ccccc1-c1ccccc1P(C(C)(C)C)C(C)(C)C)C(C)(C)C. The van der Waals surface area contributed by atoms with Crippen LogP contribution in [-0.4, -0.2) is 20.6 Å². The van der Waals surface area contributed by atoms with Crippen molar-refractivity contribution in [3.05, 3.63) is 48.5 Å². The molecule has 0 aromatic heterocycles. The highest BCUT2D eigenvalue weighted by atomic mass is 31.1. The van der Waals surface area contributed by atoms with E-state index in [9.17, 15) is 0 Å². The van der Waals surface area contributed by atoms with Crippen LogP contribution < -0.4 is 10.6 Å². The maximum Gasteiger partial charge on any atom is -0.0100 e. The van der Waals surface area contributed by atoms with E-state index >= 15 is 0 Å². The molecular formula is C28H44P2. The fourth-order valence-corrected chi connectivity index (χ4v) is 13.5. The lowest BCUT2D eigenvalue weighted by Gasteiger charge is -2.44. The van der Waals surface area contributed by atoms with E-state index in [1.165, 1.54) is 11.1 Å². The topological polar surface area (TPSA) is 0 Å². The van der Waals surface area contributed by atoms with E-state index in [4.69, 9.17) is 0 Å². The van der Waals surface area contributed by atoms with Crippen LogP contribution in [0.5, 0.6) is 0 Å². The molecular weight excluding hydrogens is 398 g/mol. The fraction of sp³-hybridized carbons (Fsp3) is 0.571. The van der Waals surface area contributed by atoms with Crippen LogP contribution in [0, 0.1) is 0 Å². The average Bonchev–Trinajstić information content (AvgIpc) is 2.50. The van der Waals surface area contributed by atoms with Crippen molar-refractivity contribution >= 4 is 26.5 Å². The minimum atomic E-state index is -0.363. The van der Waals surface area contributed by atoms with E-state index in [0.29, 0.717) is 0 Å². The summed E-state index contributed by atoms with van der Waals surface area (Å²) in [6, 6.07) is 18.5. The zero-order valence-electron chi connectivity index (χ0n) is 21.5. The van der Waals surface area contributed by atoms with Gasteiger partial charge in [-0.25, -0.2) is 0 Å². The van der Waals surface area contributed by atoms with E-state index in [1.54, 1.807) is 10.6 Å². The number of benzene rings is 2. The van der Waals surface area contributed by atoms with Crippen molar-refractivity contribution in [2.24, 2.45) is 0 Å². The van der Waals surface area contributed by atoms with Gasteiger partial charge < -0.3 is 0 Å². The van der Waals surface area contributed by atoms with E-state index in [-0.39, 0.29) is 36.5 Å². The molecule has 0 heterocycles. The Bertz CT molecular complexity index is 750. The van der Waals surface area contributed by atoms with Crippen LogP contribution in [0.3, 0.4) is 0 Å². The van der Waals surface area contributed by atoms with Gasteiger partial charge in [0.25, 0.3) is 0 Å². The van der Waals surface area contributed by atoms with Crippen LogP contribution in [0.2, 0.25) is 0 Å². The standard InChI is InChI=1S/C28H44P2/c1-25(2,3)29(26(4,5)6)23-19-15-13-17-21(23)22-18-14-16-20-24(22)30(27(7,8)9)28(10,11)12/h13-20H,1-12H3. The summed E-state index contributed by atoms with van der Waals surface area (Å²) in [6.07, 6.45) is 0. The van der Waals surface area contributed by atoms with E-state index in [2.05, 4.69) is 132 Å². The Hall–Kier alpha value is -0.700. The lowest BCUT2D eigenvalue weighted by molar-refractivity contribution is 0.714. The molecule has 0 fully saturated rings. The van der Waals surface area contributed by atoms with Gasteiger partial charge in [0.05, 0.1) is 0 Å². The first-order valence-electron chi connectivity index (χ1n) is 11.2. The summed E-state index contributed by atoms with van der Waals surface area (Å²) in [7, 11) is -0.726. The molecule has 2 heteroatoms. The van der Waals surface area contributed by atoms with Crippen molar-refractivity contribution in [1.82, 2.24) is 0 Å². The van der Waals surface area contributed by atoms with Gasteiger partial charge in [0.15, 0.2) is 0 Å². The summed E-state index contributed by atoms with van der Waals surface area (Å²) in [6.45, 7) is 29.0. The van der Waals surface area contributed by atoms with Gasteiger partial charge in [-0.2, -0.15) is 0 Å². The molecule has 0 aliphatic rings. The van der Waals surface area contributed by atoms with Gasteiger partial charge in [0.2, 0.25) is 0 Å². The van der Waals surface area contributed by atoms with Gasteiger partial charge in [0, 0.05) is 0 Å². The second-order valence-corrected chi connectivity index (χ2v) is 20.1. The Labute approximate surface area is 189 Å². The quantitative estimate of drug-likeness (QED) is 0.417. The molecule has 0 saturated heterocycles. The van der Waals surface area contributed by atoms with Crippen LogP contribution >= 0.6 is 15.8 Å². The van der Waals surface area contributed by atoms with Crippen LogP contribution in [-0.2, 0) is 0 Å². The van der Waals surface area contributed by atoms with E-state index in [1.807, 2.05) is 0 Å². The van der Waals surface area contributed by atoms with Gasteiger partial charge in [-0.3, -0.25) is 0 Å². The molecule has 2 aromatic carbocycles. The lowest BCUT2D eigenvalue weighted by atomic mass is 10.1. The molecule has 0 atom stereocenters. The molecule has 0 N–H and O–H groups in total. The van der Waals surface area contributed by atoms with Crippen molar-refractivity contribution in [3.8, 4) is 11.1 Å². The van der Waals surface area contributed by atoms with Gasteiger partial charge in [-0.15, -0.1) is 0 Å². The molecule has 2 aromatic rings. The van der Waals surface area contributed by atoms with Gasteiger partial charge >= 0.3 is 0 Å². The first-order valence-corrected chi connectivity index (χ1v) is 13.9. The normalized spacial score (nSPS) is 13.9. The number of hydrogen-bond donors (Lipinski definition) is 0. The minimum absolute atomic E-state index is 0.247. The Balaban J connectivity index is 2.84. The zero-order chi connectivity index (χ0) is 23.1. The van der Waals surface area contributed by atoms with Crippen molar-refractivity contribution in [2.75, 3.05) is 0 Å². The molecule has 0 spiro atoms. The fourth-order valence-electron chi connectivity index (χ4n) is 5.25. The molecule has 2 rings (SSSR count). The molecule has 0 bridgehead atoms. The van der Waals surface area contributed by atoms with Crippen molar-refractivity contribution < 1.29 is 0 Å². The highest BCUT2D eigenvalue weighted by Gasteiger charge is 2.39. The lowest BCUT2D eigenvalue weighted by Crippen LogP contribution is -2.34. The van der Waals surface area contributed by atoms with Crippen LogP contribution in [0.25, 0.3) is 11.1 Å². The molecule has 0 aliphatic carbocycles. The summed E-state index contributed by atoms with van der Waals surface area (Å²) in [5, 5.41) is 4.10. The summed E-state index contributed by atoms with van der Waals surface area (Å²) >= 11 is 0. The molecule has 0 unspecified atom stereocenters. The smallest absolute Gasteiger partial charge is 0.0100 e. The predicted octanol–water partition coefficient (Wildman–Crippen LogP) is 8.76. The van der Waals surface area contributed by atoms with Crippen LogP contribution in [0.15, 0.2) is 48.5 Å². The van der Waals surface area contributed by atoms with Crippen LogP contribution in [0.1, 0.15) is 83.1 Å². The molecule has 30 heavy (non-hydrogen) atoms. The molecule has 0 nitrogen and oxygen atoms in total. The maximum atomic E-state index is 2.42. The third kappa shape index (κ3) is 5.75. The number of rotatable bonds is 3. The molecule has 166 valence electrons. The second-order valence-electron chi connectivity index (χ2n) is 12.4. The van der Waals surface area contributed by atoms with E-state index < -0.39 is 0 Å². The largest absolute Gasteiger partial charge is 0.0636 e. The second kappa shape index (κ2) is 8.68.